The molecule has 26 rings (SSSR count). The summed E-state index contributed by atoms with van der Waals surface area (Å²) in [6.45, 7) is 3.86. The number of aryl methyl sites for hydroxylation is 13. The Hall–Kier alpha value is -14.5. The van der Waals surface area contributed by atoms with Crippen LogP contribution in [0.2, 0.25) is 0 Å². The van der Waals surface area contributed by atoms with Crippen LogP contribution in [0.15, 0.2) is 353 Å². The first-order chi connectivity index (χ1) is 69.0. The summed E-state index contributed by atoms with van der Waals surface area (Å²) >= 11 is 8.79. The van der Waals surface area contributed by atoms with Gasteiger partial charge < -0.3 is 0 Å². The Kier molecular flexibility index (Phi) is 19.5. The lowest BCUT2D eigenvalue weighted by Crippen LogP contribution is -2.31. The normalized spacial score (nSPS) is 12.9. The summed E-state index contributed by atoms with van der Waals surface area (Å²) in [5.74, 6) is 0. The molecule has 0 fully saturated rings. The van der Waals surface area contributed by atoms with Crippen molar-refractivity contribution in [3.05, 3.63) is 397 Å². The van der Waals surface area contributed by atoms with Crippen molar-refractivity contribution < 1.29 is 35.2 Å². The highest BCUT2D eigenvalue weighted by molar-refractivity contribution is 7.28. The zero-order chi connectivity index (χ0) is 98.9. The van der Waals surface area contributed by atoms with Crippen LogP contribution in [0.3, 0.4) is 0 Å². The first kappa shape index (κ1) is 75.0. The van der Waals surface area contributed by atoms with Crippen molar-refractivity contribution in [1.29, 1.82) is 0 Å². The zero-order valence-electron chi connectivity index (χ0n) is 84.6. The van der Waals surface area contributed by atoms with E-state index in [1.807, 2.05) is 127 Å². The van der Waals surface area contributed by atoms with Crippen LogP contribution in [0.1, 0.15) is 56.8 Å². The molecule has 13 heterocycles. The molecule has 0 aliphatic heterocycles. The zero-order valence-corrected chi connectivity index (χ0v) is 79.7. The molecule has 13 heteroatoms. The van der Waals surface area contributed by atoms with Crippen LogP contribution in [0.25, 0.3) is 223 Å². The number of hydrogen-bond acceptors (Lipinski definition) is 8. The largest absolute Gasteiger partial charge is 0.255 e. The van der Waals surface area contributed by atoms with Crippen LogP contribution in [0, 0.1) is 55.2 Å². The standard InChI is InChI=1S/C29H22NS.C24H21N2S.C23H19N2S.C23H18NS.C22H17N2S/c1-19-8-6-7-11-23(19)28-27-24-15-14-21-12-13-22(20-9-4-3-5-10-20)18-25(21)29(24)31-26(27)16-17-30(28)2;1-14-9-10-18(15(2)11-14)22-21-19-12-17-7-5-6-8-20(17)25-24(19)27-23(21)16(3)13-26(22)4;1-14-6-8-17(15(2)13-14)22-20-18-9-7-16-5-4-11-24-21(16)23(18)26-19(20)10-12-25(22)3;1-15-7-3-5-9-17(15)22-21-19-12-11-16-8-4-6-10-18(16)23(19)25-20(21)13-14-24(22)2;1-14-6-3-4-8-16(14)21-19-17-10-9-15-7-5-12-23-20(15)22(17)25-18(19)11-13-24(21)2/h3-18H,1-2H3;5-13H,1-4H3;4-13H,1-3H3;3-14H,1-2H3;3-13H,1-2H3/q5*+1/i;1D3,3D3;1D3;;. The Bertz CT molecular complexity index is 9470. The summed E-state index contributed by atoms with van der Waals surface area (Å²) in [4.78, 5) is 14.9. The number of para-hydroxylation sites is 1. The van der Waals surface area contributed by atoms with Crippen molar-refractivity contribution in [2.45, 2.75) is 55.2 Å². The number of benzene rings is 13. The maximum absolute atomic E-state index is 8.13. The van der Waals surface area contributed by atoms with E-state index in [9.17, 15) is 0 Å². The number of nitrogens with zero attached hydrogens (tertiary/aromatic N) is 8. The van der Waals surface area contributed by atoms with E-state index >= 15 is 0 Å². The third kappa shape index (κ3) is 15.0. The van der Waals surface area contributed by atoms with E-state index in [1.165, 1.54) is 181 Å². The van der Waals surface area contributed by atoms with Crippen LogP contribution < -0.4 is 22.8 Å². The third-order valence-corrected chi connectivity index (χ3v) is 32.1. The number of rotatable bonds is 6. The van der Waals surface area contributed by atoms with Crippen molar-refractivity contribution in [2.75, 3.05) is 0 Å². The second-order valence-corrected chi connectivity index (χ2v) is 40.0. The summed E-state index contributed by atoms with van der Waals surface area (Å²) in [6, 6.07) is 108. The minimum atomic E-state index is -2.28. The van der Waals surface area contributed by atoms with Gasteiger partial charge in [0.15, 0.2) is 31.0 Å². The highest BCUT2D eigenvalue weighted by Gasteiger charge is 2.30. The van der Waals surface area contributed by atoms with Gasteiger partial charge in [0.2, 0.25) is 28.5 Å². The monoisotopic (exact) mass is 1830 g/mol. The van der Waals surface area contributed by atoms with Gasteiger partial charge in [0.1, 0.15) is 40.1 Å². The number of pyridine rings is 8. The SMILES string of the molecule is Cc1ccccc1-c1c2c(cc[n+]1C)sc1c2ccc2cccnc21.Cc1ccccc1-c1c2c(cc[n+]1C)sc1c3cc(-c4ccccc4)ccc3ccc12.Cc1ccccc1-c1c2c(cc[n+]1C)sc1c3ccccc3ccc12.[2H]C([2H])([2H])c1ccc(-c2c3c(cc[n+]2C)sc2c3ccc3cccnc32)c(C)c1.[2H]C([2H])([2H])c1ccc(-c2c3c(sc4nc5ccccc5cc43)c(C([2H])([2H])[2H])c[n+]2C)c(C)c1. The Labute approximate surface area is 811 Å². The van der Waals surface area contributed by atoms with Gasteiger partial charge in [0.05, 0.1) is 57.6 Å². The van der Waals surface area contributed by atoms with E-state index in [2.05, 4.69) is 332 Å². The van der Waals surface area contributed by atoms with Gasteiger partial charge in [-0.25, -0.2) is 27.8 Å². The molecule has 0 unspecified atom stereocenters. The molecule has 0 amide bonds. The maximum atomic E-state index is 8.13. The Morgan fingerprint density at radius 1 is 0.254 bits per heavy atom. The fourth-order valence-corrected chi connectivity index (χ4v) is 25.6. The quantitative estimate of drug-likeness (QED) is 0.156. The summed E-state index contributed by atoms with van der Waals surface area (Å²) in [6.07, 6.45) is 14.0. The molecule has 8 nitrogen and oxygen atoms in total. The van der Waals surface area contributed by atoms with Crippen LogP contribution in [-0.2, 0) is 35.2 Å². The van der Waals surface area contributed by atoms with E-state index in [1.54, 1.807) is 41.8 Å². The van der Waals surface area contributed by atoms with E-state index < -0.39 is 20.6 Å². The van der Waals surface area contributed by atoms with Crippen molar-refractivity contribution in [1.82, 2.24) is 15.0 Å². The highest BCUT2D eigenvalue weighted by atomic mass is 32.1. The van der Waals surface area contributed by atoms with Gasteiger partial charge in [-0.15, -0.1) is 56.7 Å². The lowest BCUT2D eigenvalue weighted by molar-refractivity contribution is -0.659. The second kappa shape index (κ2) is 34.9. The first-order valence-corrected chi connectivity index (χ1v) is 48.8. The van der Waals surface area contributed by atoms with Gasteiger partial charge in [0.25, 0.3) is 0 Å². The molecule has 0 spiro atoms. The van der Waals surface area contributed by atoms with E-state index in [4.69, 9.17) is 17.3 Å². The van der Waals surface area contributed by atoms with Crippen LogP contribution in [0.4, 0.5) is 0 Å². The summed E-state index contributed by atoms with van der Waals surface area (Å²) in [5.41, 5.74) is 23.7. The minimum Gasteiger partial charge on any atom is -0.255 e. The van der Waals surface area contributed by atoms with Crippen LogP contribution in [0.5, 0.6) is 0 Å². The summed E-state index contributed by atoms with van der Waals surface area (Å²) in [7, 11) is 10.3. The molecule has 0 N–H and O–H groups in total. The van der Waals surface area contributed by atoms with E-state index in [0.29, 0.717) is 10.3 Å². The van der Waals surface area contributed by atoms with Crippen LogP contribution >= 0.6 is 56.7 Å². The molecule has 13 aromatic heterocycles. The average Bonchev–Trinajstić information content (AvgIpc) is 1.59. The topological polar surface area (TPSA) is 58.1 Å². The highest BCUT2D eigenvalue weighted by Crippen LogP contribution is 2.49. The van der Waals surface area contributed by atoms with E-state index in [-0.39, 0.29) is 11.1 Å². The summed E-state index contributed by atoms with van der Waals surface area (Å²) < 4.78 is 92.5. The van der Waals surface area contributed by atoms with Gasteiger partial charge in [-0.1, -0.05) is 236 Å². The molecule has 0 bridgehead atoms. The van der Waals surface area contributed by atoms with Crippen molar-refractivity contribution >= 4 is 212 Å². The maximum Gasteiger partial charge on any atom is 0.222 e. The molecule has 0 aliphatic rings. The van der Waals surface area contributed by atoms with Crippen molar-refractivity contribution in [3.8, 4) is 67.4 Å². The van der Waals surface area contributed by atoms with Gasteiger partial charge in [-0.3, -0.25) is 9.97 Å². The molecule has 0 radical (unpaired) electrons. The Balaban J connectivity index is 0.000000103. The predicted molar refractivity (Wildman–Crippen MR) is 574 cm³/mol. The predicted octanol–water partition coefficient (Wildman–Crippen LogP) is 30.8. The molecular weight excluding hydrogens is 1730 g/mol. The lowest BCUT2D eigenvalue weighted by Gasteiger charge is -2.08. The third-order valence-electron chi connectivity index (χ3n) is 26.2. The average molecular weight is 1830 g/mol. The first-order valence-electron chi connectivity index (χ1n) is 49.3. The molecule has 0 saturated carbocycles. The fourth-order valence-electron chi connectivity index (χ4n) is 19.7. The molecule has 0 saturated heterocycles. The molecular formula is C121H97N8S5+5. The van der Waals surface area contributed by atoms with Crippen molar-refractivity contribution in [3.63, 3.8) is 0 Å². The molecule has 0 aliphatic carbocycles. The van der Waals surface area contributed by atoms with Crippen LogP contribution in [-0.4, -0.2) is 15.0 Å². The Morgan fingerprint density at radius 2 is 0.649 bits per heavy atom. The number of thiophene rings is 5. The van der Waals surface area contributed by atoms with Crippen molar-refractivity contribution in [2.24, 2.45) is 35.2 Å². The molecule has 134 heavy (non-hydrogen) atoms. The number of fused-ring (bicyclic) bond motifs is 24. The molecule has 646 valence electrons. The van der Waals surface area contributed by atoms with Gasteiger partial charge >= 0.3 is 0 Å². The van der Waals surface area contributed by atoms with E-state index in [0.717, 1.165) is 76.6 Å². The van der Waals surface area contributed by atoms with Gasteiger partial charge in [0, 0.05) is 159 Å². The minimum absolute atomic E-state index is 0.282. The second-order valence-electron chi connectivity index (χ2n) is 34.8. The number of hydrogen-bond donors (Lipinski definition) is 0. The van der Waals surface area contributed by atoms with Gasteiger partial charge in [-0.05, 0) is 171 Å². The number of aromatic nitrogens is 8. The molecule has 0 atom stereocenters. The smallest absolute Gasteiger partial charge is 0.222 e. The van der Waals surface area contributed by atoms with Gasteiger partial charge in [-0.2, -0.15) is 0 Å². The summed E-state index contributed by atoms with van der Waals surface area (Å²) in [5, 5.41) is 20.7. The lowest BCUT2D eigenvalue weighted by atomic mass is 9.97. The molecule has 26 aromatic rings. The molecule has 13 aromatic carbocycles. The fraction of sp³-hybridized carbons (Fsp3) is 0.107. The Morgan fingerprint density at radius 3 is 1.13 bits per heavy atom.